The third-order valence-corrected chi connectivity index (χ3v) is 6.58. The number of hydrogen-bond acceptors (Lipinski definition) is 4. The van der Waals surface area contributed by atoms with Gasteiger partial charge in [0.25, 0.3) is 0 Å². The first-order valence-electron chi connectivity index (χ1n) is 8.00. The summed E-state index contributed by atoms with van der Waals surface area (Å²) in [5.41, 5.74) is 0. The predicted octanol–water partition coefficient (Wildman–Crippen LogP) is 3.94. The van der Waals surface area contributed by atoms with Crippen molar-refractivity contribution in [2.24, 2.45) is 0 Å². The van der Waals surface area contributed by atoms with E-state index in [0.29, 0.717) is 11.6 Å². The van der Waals surface area contributed by atoms with E-state index in [-0.39, 0.29) is 28.8 Å². The molecule has 26 heavy (non-hydrogen) atoms. The Balaban J connectivity index is 1.65. The number of benzene rings is 2. The largest absolute Gasteiger partial charge is 0.356 e. The van der Waals surface area contributed by atoms with Gasteiger partial charge in [-0.3, -0.25) is 4.79 Å². The standard InChI is InChI=1S/C18H19ClFNO3S2/c19-14-2-8-17(9-3-14)26(23,24)13-10-18(22)21-11-1-12-25-16-6-4-15(20)5-7-16/h2-9H,1,10-13H2,(H,21,22). The summed E-state index contributed by atoms with van der Waals surface area (Å²) in [5, 5.41) is 3.17. The highest BCUT2D eigenvalue weighted by Crippen LogP contribution is 2.18. The Morgan fingerprint density at radius 1 is 1.08 bits per heavy atom. The first-order chi connectivity index (χ1) is 12.4. The van der Waals surface area contributed by atoms with Gasteiger partial charge in [-0.15, -0.1) is 11.8 Å². The van der Waals surface area contributed by atoms with Gasteiger partial charge in [0, 0.05) is 22.9 Å². The smallest absolute Gasteiger partial charge is 0.221 e. The lowest BCUT2D eigenvalue weighted by Gasteiger charge is -2.07. The third-order valence-electron chi connectivity index (χ3n) is 3.50. The van der Waals surface area contributed by atoms with Crippen LogP contribution in [0.2, 0.25) is 5.02 Å². The Kier molecular flexibility index (Phi) is 7.93. The van der Waals surface area contributed by atoms with Gasteiger partial charge in [0.2, 0.25) is 5.91 Å². The Labute approximate surface area is 162 Å². The molecule has 8 heteroatoms. The molecule has 2 aromatic carbocycles. The van der Waals surface area contributed by atoms with Gasteiger partial charge >= 0.3 is 0 Å². The Bertz CT molecular complexity index is 825. The number of hydrogen-bond donors (Lipinski definition) is 1. The summed E-state index contributed by atoms with van der Waals surface area (Å²) < 4.78 is 37.1. The lowest BCUT2D eigenvalue weighted by molar-refractivity contribution is -0.120. The highest BCUT2D eigenvalue weighted by Gasteiger charge is 2.16. The molecular weight excluding hydrogens is 397 g/mol. The van der Waals surface area contributed by atoms with Gasteiger partial charge in [0.1, 0.15) is 5.82 Å². The Morgan fingerprint density at radius 3 is 2.38 bits per heavy atom. The molecular formula is C18H19ClFNO3S2. The van der Waals surface area contributed by atoms with E-state index in [4.69, 9.17) is 11.6 Å². The molecule has 0 saturated carbocycles. The minimum absolute atomic E-state index is 0.0872. The van der Waals surface area contributed by atoms with Crippen LogP contribution in [0, 0.1) is 5.82 Å². The molecule has 0 atom stereocenters. The van der Waals surface area contributed by atoms with Crippen LogP contribution in [-0.2, 0) is 14.6 Å². The summed E-state index contributed by atoms with van der Waals surface area (Å²) in [6, 6.07) is 12.1. The van der Waals surface area contributed by atoms with Gasteiger partial charge in [-0.05, 0) is 60.7 Å². The lowest BCUT2D eigenvalue weighted by Crippen LogP contribution is -2.26. The van der Waals surface area contributed by atoms with Gasteiger partial charge in [-0.1, -0.05) is 11.6 Å². The van der Waals surface area contributed by atoms with E-state index in [1.807, 2.05) is 0 Å². The third kappa shape index (κ3) is 6.97. The van der Waals surface area contributed by atoms with Crippen molar-refractivity contribution in [2.75, 3.05) is 18.1 Å². The van der Waals surface area contributed by atoms with Crippen LogP contribution in [0.3, 0.4) is 0 Å². The van der Waals surface area contributed by atoms with Crippen LogP contribution < -0.4 is 5.32 Å². The molecule has 0 unspecified atom stereocenters. The molecule has 2 aromatic rings. The fourth-order valence-electron chi connectivity index (χ4n) is 2.10. The van der Waals surface area contributed by atoms with Gasteiger partial charge in [0.05, 0.1) is 10.6 Å². The van der Waals surface area contributed by atoms with E-state index in [2.05, 4.69) is 5.32 Å². The fourth-order valence-corrected chi connectivity index (χ4v) is 4.32. The molecule has 0 saturated heterocycles. The Hall–Kier alpha value is -1.57. The minimum Gasteiger partial charge on any atom is -0.356 e. The molecule has 0 aliphatic rings. The molecule has 2 rings (SSSR count). The van der Waals surface area contributed by atoms with Crippen LogP contribution >= 0.6 is 23.4 Å². The second-order valence-corrected chi connectivity index (χ2v) is 9.24. The summed E-state index contributed by atoms with van der Waals surface area (Å²) in [5.74, 6) is -0.0377. The quantitative estimate of drug-likeness (QED) is 0.497. The van der Waals surface area contributed by atoms with Crippen molar-refractivity contribution in [3.05, 3.63) is 59.4 Å². The number of halogens is 2. The van der Waals surface area contributed by atoms with E-state index in [0.717, 1.165) is 17.1 Å². The average Bonchev–Trinajstić information content (AvgIpc) is 2.62. The summed E-state index contributed by atoms with van der Waals surface area (Å²) in [4.78, 5) is 12.9. The average molecular weight is 416 g/mol. The van der Waals surface area contributed by atoms with Crippen molar-refractivity contribution >= 4 is 39.1 Å². The first kappa shape index (κ1) is 20.7. The second-order valence-electron chi connectivity index (χ2n) is 5.53. The highest BCUT2D eigenvalue weighted by molar-refractivity contribution is 7.99. The summed E-state index contributed by atoms with van der Waals surface area (Å²) in [7, 11) is -3.50. The van der Waals surface area contributed by atoms with Crippen LogP contribution in [0.25, 0.3) is 0 Å². The molecule has 0 aromatic heterocycles. The predicted molar refractivity (Wildman–Crippen MR) is 103 cm³/mol. The van der Waals surface area contributed by atoms with E-state index in [1.165, 1.54) is 36.4 Å². The van der Waals surface area contributed by atoms with Crippen LogP contribution in [-0.4, -0.2) is 32.4 Å². The maximum atomic E-state index is 12.8. The molecule has 0 spiro atoms. The number of amides is 1. The zero-order chi connectivity index (χ0) is 19.0. The SMILES string of the molecule is O=C(CCS(=O)(=O)c1ccc(Cl)cc1)NCCCSc1ccc(F)cc1. The number of thioether (sulfide) groups is 1. The molecule has 0 bridgehead atoms. The molecule has 1 amide bonds. The number of sulfone groups is 1. The summed E-state index contributed by atoms with van der Waals surface area (Å²) in [6.07, 6.45) is 0.647. The number of rotatable bonds is 9. The summed E-state index contributed by atoms with van der Waals surface area (Å²) >= 11 is 7.31. The number of carbonyl (C=O) groups is 1. The van der Waals surface area contributed by atoms with Gasteiger partial charge in [-0.25, -0.2) is 12.8 Å². The molecule has 4 nitrogen and oxygen atoms in total. The number of carbonyl (C=O) groups excluding carboxylic acids is 1. The van der Waals surface area contributed by atoms with E-state index >= 15 is 0 Å². The van der Waals surface area contributed by atoms with Crippen LogP contribution in [0.15, 0.2) is 58.3 Å². The van der Waals surface area contributed by atoms with Crippen molar-refractivity contribution in [3.8, 4) is 0 Å². The number of nitrogens with one attached hydrogen (secondary N) is 1. The van der Waals surface area contributed by atoms with Crippen molar-refractivity contribution in [2.45, 2.75) is 22.6 Å². The zero-order valence-corrected chi connectivity index (χ0v) is 16.3. The van der Waals surface area contributed by atoms with Crippen molar-refractivity contribution < 1.29 is 17.6 Å². The normalized spacial score (nSPS) is 11.3. The molecule has 0 aliphatic heterocycles. The summed E-state index contributed by atoms with van der Waals surface area (Å²) in [6.45, 7) is 0.466. The van der Waals surface area contributed by atoms with Gasteiger partial charge < -0.3 is 5.32 Å². The highest BCUT2D eigenvalue weighted by atomic mass is 35.5. The maximum absolute atomic E-state index is 12.8. The van der Waals surface area contributed by atoms with Crippen molar-refractivity contribution in [3.63, 3.8) is 0 Å². The second kappa shape index (κ2) is 9.94. The maximum Gasteiger partial charge on any atom is 0.221 e. The van der Waals surface area contributed by atoms with Crippen LogP contribution in [0.1, 0.15) is 12.8 Å². The van der Waals surface area contributed by atoms with E-state index in [9.17, 15) is 17.6 Å². The zero-order valence-electron chi connectivity index (χ0n) is 14.0. The van der Waals surface area contributed by atoms with Gasteiger partial charge in [0.15, 0.2) is 9.84 Å². The first-order valence-corrected chi connectivity index (χ1v) is 11.0. The molecule has 0 fully saturated rings. The van der Waals surface area contributed by atoms with Crippen molar-refractivity contribution in [1.29, 1.82) is 0 Å². The van der Waals surface area contributed by atoms with Crippen molar-refractivity contribution in [1.82, 2.24) is 5.32 Å². The molecule has 0 aliphatic carbocycles. The fraction of sp³-hybridized carbons (Fsp3) is 0.278. The van der Waals surface area contributed by atoms with E-state index < -0.39 is 9.84 Å². The molecule has 0 heterocycles. The molecule has 0 radical (unpaired) electrons. The molecule has 140 valence electrons. The van der Waals surface area contributed by atoms with E-state index in [1.54, 1.807) is 23.9 Å². The molecule has 1 N–H and O–H groups in total. The minimum atomic E-state index is -3.50. The van der Waals surface area contributed by atoms with Crippen LogP contribution in [0.4, 0.5) is 4.39 Å². The lowest BCUT2D eigenvalue weighted by atomic mass is 10.4. The van der Waals surface area contributed by atoms with Crippen LogP contribution in [0.5, 0.6) is 0 Å². The van der Waals surface area contributed by atoms with Gasteiger partial charge in [-0.2, -0.15) is 0 Å². The monoisotopic (exact) mass is 415 g/mol. The topological polar surface area (TPSA) is 63.2 Å². The Morgan fingerprint density at radius 2 is 1.73 bits per heavy atom.